The topological polar surface area (TPSA) is 89.6 Å². The maximum Gasteiger partial charge on any atom is 0.224 e. The average molecular weight is 528 g/mol. The fourth-order valence-corrected chi connectivity index (χ4v) is 4.68. The van der Waals surface area contributed by atoms with Crippen molar-refractivity contribution in [3.05, 3.63) is 98.9 Å². The van der Waals surface area contributed by atoms with E-state index in [1.165, 1.54) is 5.56 Å². The van der Waals surface area contributed by atoms with Crippen molar-refractivity contribution in [3.63, 3.8) is 0 Å². The number of nitrogens with one attached hydrogen (secondary N) is 1. The van der Waals surface area contributed by atoms with Crippen LogP contribution in [0.25, 0.3) is 0 Å². The highest BCUT2D eigenvalue weighted by Crippen LogP contribution is 2.29. The maximum atomic E-state index is 5.93. The van der Waals surface area contributed by atoms with Crippen molar-refractivity contribution in [2.75, 3.05) is 11.1 Å². The number of aryl methyl sites for hydroxylation is 2. The number of anilines is 3. The number of aromatic nitrogens is 4. The van der Waals surface area contributed by atoms with E-state index in [9.17, 15) is 0 Å². The van der Waals surface area contributed by atoms with Crippen molar-refractivity contribution in [2.24, 2.45) is 0 Å². The summed E-state index contributed by atoms with van der Waals surface area (Å²) in [5.74, 6) is 0.851. The zero-order chi connectivity index (χ0) is 24.6. The van der Waals surface area contributed by atoms with Gasteiger partial charge in [-0.15, -0.1) is 0 Å². The molecule has 0 fully saturated rings. The van der Waals surface area contributed by atoms with Gasteiger partial charge in [-0.3, -0.25) is 0 Å². The van der Waals surface area contributed by atoms with E-state index in [1.54, 1.807) is 0 Å². The first-order chi connectivity index (χ1) is 17.0. The van der Waals surface area contributed by atoms with E-state index in [-0.39, 0.29) is 5.28 Å². The number of nitrogens with two attached hydrogens (primary N) is 1. The summed E-state index contributed by atoms with van der Waals surface area (Å²) in [6.45, 7) is 0. The molecule has 35 heavy (non-hydrogen) atoms. The lowest BCUT2D eigenvalue weighted by Gasteiger charge is -2.10. The molecule has 180 valence electrons. The van der Waals surface area contributed by atoms with Crippen LogP contribution < -0.4 is 11.1 Å². The first-order valence-corrected chi connectivity index (χ1v) is 12.5. The normalized spacial score (nSPS) is 13.0. The van der Waals surface area contributed by atoms with Gasteiger partial charge in [-0.1, -0.05) is 48.0 Å². The van der Waals surface area contributed by atoms with Crippen LogP contribution in [0.2, 0.25) is 15.7 Å². The highest BCUT2D eigenvalue weighted by Gasteiger charge is 2.19. The van der Waals surface area contributed by atoms with E-state index in [1.807, 2.05) is 60.7 Å². The van der Waals surface area contributed by atoms with Gasteiger partial charge >= 0.3 is 0 Å². The molecule has 0 aliphatic heterocycles. The second kappa shape index (κ2) is 12.2. The third-order valence-corrected chi connectivity index (χ3v) is 6.25. The molecule has 6 nitrogen and oxygen atoms in total. The standard InChI is InChI=1S/C13H12ClN3.C7H6Cl2N2.C6H7N/c14-13-16-11-8-4-7-10(11)12(17-13)15-9-5-2-1-3-6-9;8-6-4-2-1-3-5(4)10-7(9)11-6;7-6-4-2-1-3-5-6/h1-3,5-6H,4,7-8H2,(H,15,16,17);1-3H2;1-5H,7H2. The second-order valence-electron chi connectivity index (χ2n) is 8.08. The Balaban J connectivity index is 0.000000137. The van der Waals surface area contributed by atoms with Gasteiger partial charge in [-0.05, 0) is 86.0 Å². The largest absolute Gasteiger partial charge is 0.399 e. The number of hydrogen-bond acceptors (Lipinski definition) is 6. The van der Waals surface area contributed by atoms with Crippen molar-refractivity contribution >= 4 is 52.0 Å². The van der Waals surface area contributed by atoms with E-state index in [0.29, 0.717) is 10.4 Å². The summed E-state index contributed by atoms with van der Waals surface area (Å²) >= 11 is 17.4. The molecular weight excluding hydrogens is 503 g/mol. The van der Waals surface area contributed by atoms with Crippen molar-refractivity contribution in [3.8, 4) is 0 Å². The summed E-state index contributed by atoms with van der Waals surface area (Å²) < 4.78 is 0. The van der Waals surface area contributed by atoms with Gasteiger partial charge in [0.05, 0.1) is 11.4 Å². The number of hydrogen-bond donors (Lipinski definition) is 2. The molecular formula is C26H25Cl3N6. The molecule has 2 aliphatic rings. The minimum atomic E-state index is 0.260. The highest BCUT2D eigenvalue weighted by molar-refractivity contribution is 6.32. The smallest absolute Gasteiger partial charge is 0.224 e. The molecule has 6 rings (SSSR count). The first kappa shape index (κ1) is 25.2. The number of rotatable bonds is 2. The summed E-state index contributed by atoms with van der Waals surface area (Å²) in [6, 6.07) is 19.5. The molecule has 9 heteroatoms. The lowest BCUT2D eigenvalue weighted by molar-refractivity contribution is 0.899. The van der Waals surface area contributed by atoms with Gasteiger partial charge in [0.1, 0.15) is 11.0 Å². The molecule has 0 saturated heterocycles. The Kier molecular flexibility index (Phi) is 8.74. The molecule has 0 bridgehead atoms. The summed E-state index contributed by atoms with van der Waals surface area (Å²) in [6.07, 6.45) is 6.25. The molecule has 0 saturated carbocycles. The molecule has 0 radical (unpaired) electrons. The molecule has 0 atom stereocenters. The van der Waals surface area contributed by atoms with Crippen LogP contribution in [0.3, 0.4) is 0 Å². The Bertz CT molecular complexity index is 1270. The van der Waals surface area contributed by atoms with Crippen molar-refractivity contribution in [1.82, 2.24) is 19.9 Å². The summed E-state index contributed by atoms with van der Waals surface area (Å²) in [5, 5.41) is 4.42. The number of para-hydroxylation sites is 2. The van der Waals surface area contributed by atoms with E-state index in [2.05, 4.69) is 25.3 Å². The zero-order valence-electron chi connectivity index (χ0n) is 19.0. The fraction of sp³-hybridized carbons (Fsp3) is 0.231. The minimum absolute atomic E-state index is 0.260. The molecule has 0 amide bonds. The number of benzene rings is 2. The number of halogens is 3. The van der Waals surface area contributed by atoms with E-state index in [0.717, 1.165) is 72.7 Å². The maximum absolute atomic E-state index is 5.93. The van der Waals surface area contributed by atoms with E-state index < -0.39 is 0 Å². The predicted octanol–water partition coefficient (Wildman–Crippen LogP) is 6.90. The van der Waals surface area contributed by atoms with Gasteiger partial charge in [0.2, 0.25) is 10.6 Å². The molecule has 2 aliphatic carbocycles. The van der Waals surface area contributed by atoms with Crippen molar-refractivity contribution < 1.29 is 0 Å². The van der Waals surface area contributed by atoms with Crippen LogP contribution in [0.15, 0.2) is 60.7 Å². The van der Waals surface area contributed by atoms with E-state index in [4.69, 9.17) is 40.5 Å². The quantitative estimate of drug-likeness (QED) is 0.167. The number of nitrogens with zero attached hydrogens (tertiary/aromatic N) is 4. The minimum Gasteiger partial charge on any atom is -0.399 e. The lowest BCUT2D eigenvalue weighted by atomic mass is 10.2. The van der Waals surface area contributed by atoms with Crippen LogP contribution >= 0.6 is 34.8 Å². The molecule has 2 heterocycles. The van der Waals surface area contributed by atoms with Gasteiger partial charge in [-0.25, -0.2) is 19.9 Å². The molecule has 0 spiro atoms. The Morgan fingerprint density at radius 3 is 1.77 bits per heavy atom. The highest BCUT2D eigenvalue weighted by atomic mass is 35.5. The van der Waals surface area contributed by atoms with Gasteiger partial charge in [-0.2, -0.15) is 0 Å². The van der Waals surface area contributed by atoms with Gasteiger partial charge in [0.15, 0.2) is 0 Å². The monoisotopic (exact) mass is 526 g/mol. The second-order valence-corrected chi connectivity index (χ2v) is 9.12. The van der Waals surface area contributed by atoms with E-state index >= 15 is 0 Å². The molecule has 4 aromatic rings. The van der Waals surface area contributed by atoms with Crippen LogP contribution in [0.1, 0.15) is 35.4 Å². The van der Waals surface area contributed by atoms with Crippen LogP contribution in [0.5, 0.6) is 0 Å². The Labute approximate surface area is 219 Å². The fourth-order valence-electron chi connectivity index (χ4n) is 3.98. The molecule has 0 unspecified atom stereocenters. The lowest BCUT2D eigenvalue weighted by Crippen LogP contribution is -2.01. The number of fused-ring (bicyclic) bond motifs is 2. The molecule has 3 N–H and O–H groups in total. The third-order valence-electron chi connectivity index (χ3n) is 5.60. The van der Waals surface area contributed by atoms with Crippen LogP contribution in [-0.4, -0.2) is 19.9 Å². The van der Waals surface area contributed by atoms with Crippen LogP contribution in [0, 0.1) is 0 Å². The summed E-state index contributed by atoms with van der Waals surface area (Å²) in [5.41, 5.74) is 11.6. The summed E-state index contributed by atoms with van der Waals surface area (Å²) in [4.78, 5) is 16.5. The summed E-state index contributed by atoms with van der Waals surface area (Å²) in [7, 11) is 0. The van der Waals surface area contributed by atoms with Crippen molar-refractivity contribution in [1.29, 1.82) is 0 Å². The Morgan fingerprint density at radius 2 is 1.17 bits per heavy atom. The molecule has 2 aromatic carbocycles. The Hall–Kier alpha value is -2.93. The zero-order valence-corrected chi connectivity index (χ0v) is 21.3. The number of nitrogen functional groups attached to an aromatic ring is 1. The van der Waals surface area contributed by atoms with Gasteiger partial charge in [0.25, 0.3) is 0 Å². The van der Waals surface area contributed by atoms with Gasteiger partial charge in [0, 0.05) is 22.5 Å². The first-order valence-electron chi connectivity index (χ1n) is 11.4. The molecule has 2 aromatic heterocycles. The third kappa shape index (κ3) is 7.04. The van der Waals surface area contributed by atoms with Crippen molar-refractivity contribution in [2.45, 2.75) is 38.5 Å². The van der Waals surface area contributed by atoms with Gasteiger partial charge < -0.3 is 11.1 Å². The average Bonchev–Trinajstić information content (AvgIpc) is 3.51. The SMILES string of the molecule is Clc1nc(Cl)c2c(n1)CCC2.Clc1nc2c(c(Nc3ccccc3)n1)CCC2.Nc1ccccc1. The Morgan fingerprint density at radius 1 is 0.629 bits per heavy atom. The van der Waals surface area contributed by atoms with Crippen LogP contribution in [-0.2, 0) is 25.7 Å². The predicted molar refractivity (Wildman–Crippen MR) is 144 cm³/mol. The van der Waals surface area contributed by atoms with Crippen LogP contribution in [0.4, 0.5) is 17.2 Å².